The van der Waals surface area contributed by atoms with Crippen LogP contribution >= 0.6 is 11.3 Å². The molecule has 112 valence electrons. The number of benzene rings is 1. The molecule has 0 fully saturated rings. The number of nitrogens with zero attached hydrogens (tertiary/aromatic N) is 1. The molecular weight excluding hydrogens is 298 g/mol. The third-order valence-corrected chi connectivity index (χ3v) is 4.21. The quantitative estimate of drug-likeness (QED) is 0.726. The molecule has 1 aromatic carbocycles. The number of esters is 1. The highest BCUT2D eigenvalue weighted by molar-refractivity contribution is 7.11. The number of nitrogens with one attached hydrogen (secondary N) is 1. The van der Waals surface area contributed by atoms with Gasteiger partial charge in [-0.2, -0.15) is 0 Å². The monoisotopic (exact) mass is 313 g/mol. The first-order chi connectivity index (χ1) is 10.7. The molecule has 0 aliphatic heterocycles. The summed E-state index contributed by atoms with van der Waals surface area (Å²) in [6, 6.07) is 8.02. The molecule has 0 aliphatic rings. The number of rotatable bonds is 4. The number of nitrogens with two attached hydrogens (primary N) is 1. The highest BCUT2D eigenvalue weighted by Crippen LogP contribution is 2.31. The highest BCUT2D eigenvalue weighted by Gasteiger charge is 2.16. The van der Waals surface area contributed by atoms with E-state index in [0.717, 1.165) is 27.0 Å². The summed E-state index contributed by atoms with van der Waals surface area (Å²) in [5, 5.41) is 3.54. The fraction of sp³-hybridized carbons (Fsp3) is 0.125. The second-order valence-corrected chi connectivity index (χ2v) is 5.49. The fourth-order valence-corrected chi connectivity index (χ4v) is 3.16. The zero-order valence-electron chi connectivity index (χ0n) is 12.0. The van der Waals surface area contributed by atoms with Crippen molar-refractivity contribution < 1.29 is 9.53 Å². The van der Waals surface area contributed by atoms with Gasteiger partial charge in [0.1, 0.15) is 5.01 Å². The van der Waals surface area contributed by atoms with Gasteiger partial charge in [0.05, 0.1) is 7.11 Å². The normalized spacial score (nSPS) is 11.8. The van der Waals surface area contributed by atoms with Gasteiger partial charge in [0.25, 0.3) is 0 Å². The van der Waals surface area contributed by atoms with E-state index in [1.165, 1.54) is 18.4 Å². The Hall–Kier alpha value is -2.44. The molecule has 0 atom stereocenters. The summed E-state index contributed by atoms with van der Waals surface area (Å²) in [5.41, 5.74) is 9.00. The number of ether oxygens (including phenoxy) is 1. The van der Waals surface area contributed by atoms with Crippen molar-refractivity contribution in [1.29, 1.82) is 0 Å². The summed E-state index contributed by atoms with van der Waals surface area (Å²) >= 11 is 1.40. The van der Waals surface area contributed by atoms with Crippen molar-refractivity contribution in [1.82, 2.24) is 9.97 Å². The maximum atomic E-state index is 11.6. The molecule has 0 radical (unpaired) electrons. The Morgan fingerprint density at radius 3 is 3.05 bits per heavy atom. The predicted molar refractivity (Wildman–Crippen MR) is 87.9 cm³/mol. The van der Waals surface area contributed by atoms with E-state index in [0.29, 0.717) is 12.2 Å². The Balaban J connectivity index is 2.09. The standard InChI is InChI=1S/C16H15N3O2S/c1-21-16(20)14-9-22-15(19-14)11(6-7-17)12-8-18-13-5-3-2-4-10(12)13/h2-6,8-9,18H,7,17H2,1H3/b11-6+. The van der Waals surface area contributed by atoms with Gasteiger partial charge in [-0.25, -0.2) is 9.78 Å². The van der Waals surface area contributed by atoms with Crippen molar-refractivity contribution in [3.05, 3.63) is 58.2 Å². The molecule has 3 aromatic rings. The molecule has 0 bridgehead atoms. The van der Waals surface area contributed by atoms with Crippen LogP contribution in [0.5, 0.6) is 0 Å². The van der Waals surface area contributed by atoms with Crippen molar-refractivity contribution in [3.63, 3.8) is 0 Å². The maximum absolute atomic E-state index is 11.6. The van der Waals surface area contributed by atoms with Gasteiger partial charge in [-0.05, 0) is 6.07 Å². The van der Waals surface area contributed by atoms with E-state index in [1.54, 1.807) is 5.38 Å². The second kappa shape index (κ2) is 6.13. The Kier molecular flexibility index (Phi) is 4.04. The summed E-state index contributed by atoms with van der Waals surface area (Å²) in [7, 11) is 1.34. The number of para-hydroxylation sites is 1. The van der Waals surface area contributed by atoms with Crippen LogP contribution in [0.1, 0.15) is 21.1 Å². The van der Waals surface area contributed by atoms with Crippen LogP contribution in [0, 0.1) is 0 Å². The molecule has 3 N–H and O–H groups in total. The fourth-order valence-electron chi connectivity index (χ4n) is 2.32. The minimum atomic E-state index is -0.437. The first-order valence-electron chi connectivity index (χ1n) is 6.75. The van der Waals surface area contributed by atoms with E-state index in [4.69, 9.17) is 10.5 Å². The number of hydrogen-bond acceptors (Lipinski definition) is 5. The van der Waals surface area contributed by atoms with E-state index in [-0.39, 0.29) is 0 Å². The molecule has 0 saturated heterocycles. The zero-order valence-corrected chi connectivity index (χ0v) is 12.8. The van der Waals surface area contributed by atoms with E-state index < -0.39 is 5.97 Å². The van der Waals surface area contributed by atoms with Gasteiger partial charge in [-0.3, -0.25) is 0 Å². The van der Waals surface area contributed by atoms with Gasteiger partial charge < -0.3 is 15.5 Å². The number of thiazole rings is 1. The summed E-state index contributed by atoms with van der Waals surface area (Å²) in [6.45, 7) is 0.391. The SMILES string of the molecule is COC(=O)c1csc(/C(=C/CN)c2c[nH]c3ccccc23)n1. The summed E-state index contributed by atoms with van der Waals surface area (Å²) < 4.78 is 4.71. The molecule has 0 aliphatic carbocycles. The summed E-state index contributed by atoms with van der Waals surface area (Å²) in [4.78, 5) is 19.2. The third-order valence-electron chi connectivity index (χ3n) is 3.33. The number of carbonyl (C=O) groups is 1. The van der Waals surface area contributed by atoms with Crippen molar-refractivity contribution >= 4 is 33.8 Å². The molecular formula is C16H15N3O2S. The van der Waals surface area contributed by atoms with Gasteiger partial charge in [0, 0.05) is 40.2 Å². The topological polar surface area (TPSA) is 81.0 Å². The van der Waals surface area contributed by atoms with Crippen molar-refractivity contribution in [3.8, 4) is 0 Å². The highest BCUT2D eigenvalue weighted by atomic mass is 32.1. The van der Waals surface area contributed by atoms with E-state index >= 15 is 0 Å². The summed E-state index contributed by atoms with van der Waals surface area (Å²) in [5.74, 6) is -0.437. The Labute approximate surface area is 131 Å². The second-order valence-electron chi connectivity index (χ2n) is 4.63. The number of H-pyrrole nitrogens is 1. The van der Waals surface area contributed by atoms with Crippen LogP contribution in [0.3, 0.4) is 0 Å². The van der Waals surface area contributed by atoms with E-state index in [1.807, 2.05) is 36.5 Å². The molecule has 0 amide bonds. The van der Waals surface area contributed by atoms with Crippen molar-refractivity contribution in [2.45, 2.75) is 0 Å². The van der Waals surface area contributed by atoms with Gasteiger partial charge in [0.2, 0.25) is 0 Å². The van der Waals surface area contributed by atoms with Gasteiger partial charge in [-0.1, -0.05) is 24.3 Å². The van der Waals surface area contributed by atoms with E-state index in [2.05, 4.69) is 9.97 Å². The largest absolute Gasteiger partial charge is 0.464 e. The van der Waals surface area contributed by atoms with Crippen LogP contribution in [0.25, 0.3) is 16.5 Å². The van der Waals surface area contributed by atoms with Crippen LogP contribution in [-0.2, 0) is 4.74 Å². The number of methoxy groups -OCH3 is 1. The molecule has 2 aromatic heterocycles. The first-order valence-corrected chi connectivity index (χ1v) is 7.63. The lowest BCUT2D eigenvalue weighted by Gasteiger charge is -2.03. The van der Waals surface area contributed by atoms with Gasteiger partial charge in [0.15, 0.2) is 5.69 Å². The average Bonchev–Trinajstić information content (AvgIpc) is 3.19. The Morgan fingerprint density at radius 2 is 2.27 bits per heavy atom. The lowest BCUT2D eigenvalue weighted by Crippen LogP contribution is -2.02. The number of aromatic amines is 1. The van der Waals surface area contributed by atoms with Crippen LogP contribution in [0.2, 0.25) is 0 Å². The zero-order chi connectivity index (χ0) is 15.5. The average molecular weight is 313 g/mol. The van der Waals surface area contributed by atoms with Crippen molar-refractivity contribution in [2.75, 3.05) is 13.7 Å². The first kappa shape index (κ1) is 14.5. The number of carbonyl (C=O) groups excluding carboxylic acids is 1. The third kappa shape index (κ3) is 2.54. The number of hydrogen-bond donors (Lipinski definition) is 2. The number of aromatic nitrogens is 2. The van der Waals surface area contributed by atoms with Gasteiger partial charge >= 0.3 is 5.97 Å². The molecule has 5 nitrogen and oxygen atoms in total. The minimum absolute atomic E-state index is 0.310. The summed E-state index contributed by atoms with van der Waals surface area (Å²) in [6.07, 6.45) is 3.85. The number of fused-ring (bicyclic) bond motifs is 1. The van der Waals surface area contributed by atoms with Crippen molar-refractivity contribution in [2.24, 2.45) is 5.73 Å². The maximum Gasteiger partial charge on any atom is 0.357 e. The van der Waals surface area contributed by atoms with Crippen LogP contribution in [-0.4, -0.2) is 29.6 Å². The Morgan fingerprint density at radius 1 is 1.45 bits per heavy atom. The van der Waals surface area contributed by atoms with Crippen LogP contribution < -0.4 is 5.73 Å². The molecule has 2 heterocycles. The lowest BCUT2D eigenvalue weighted by atomic mass is 10.1. The predicted octanol–water partition coefficient (Wildman–Crippen LogP) is 2.80. The molecule has 3 rings (SSSR count). The molecule has 0 unspecified atom stereocenters. The van der Waals surface area contributed by atoms with Crippen LogP contribution in [0.15, 0.2) is 41.9 Å². The van der Waals surface area contributed by atoms with Crippen LogP contribution in [0.4, 0.5) is 0 Å². The molecule has 0 spiro atoms. The Bertz CT molecular complexity index is 848. The van der Waals surface area contributed by atoms with E-state index in [9.17, 15) is 4.79 Å². The minimum Gasteiger partial charge on any atom is -0.464 e. The molecule has 22 heavy (non-hydrogen) atoms. The molecule has 0 saturated carbocycles. The smallest absolute Gasteiger partial charge is 0.357 e. The molecule has 6 heteroatoms. The lowest BCUT2D eigenvalue weighted by molar-refractivity contribution is 0.0595. The van der Waals surface area contributed by atoms with Gasteiger partial charge in [-0.15, -0.1) is 11.3 Å².